The highest BCUT2D eigenvalue weighted by molar-refractivity contribution is 7.13. The van der Waals surface area contributed by atoms with Crippen LogP contribution in [0.3, 0.4) is 0 Å². The number of thiazole rings is 1. The first kappa shape index (κ1) is 15.1. The molecule has 0 saturated heterocycles. The molecule has 2 fully saturated rings. The molecule has 2 saturated carbocycles. The zero-order valence-corrected chi connectivity index (χ0v) is 14.1. The van der Waals surface area contributed by atoms with Crippen molar-refractivity contribution in [1.29, 1.82) is 5.26 Å². The van der Waals surface area contributed by atoms with Crippen LogP contribution in [0.5, 0.6) is 0 Å². The van der Waals surface area contributed by atoms with Gasteiger partial charge in [-0.2, -0.15) is 5.26 Å². The van der Waals surface area contributed by atoms with Crippen LogP contribution in [0.2, 0.25) is 0 Å². The fourth-order valence-corrected chi connectivity index (χ4v) is 3.62. The van der Waals surface area contributed by atoms with Gasteiger partial charge in [-0.1, -0.05) is 0 Å². The summed E-state index contributed by atoms with van der Waals surface area (Å²) in [5.41, 5.74) is -0.206. The normalized spacial score (nSPS) is 16.8. The van der Waals surface area contributed by atoms with Crippen molar-refractivity contribution in [3.8, 4) is 6.07 Å². The van der Waals surface area contributed by atoms with Crippen LogP contribution in [0.15, 0.2) is 21.2 Å². The monoisotopic (exact) mass is 343 g/mol. The molecule has 24 heavy (non-hydrogen) atoms. The van der Waals surface area contributed by atoms with Crippen LogP contribution in [-0.4, -0.2) is 27.2 Å². The maximum Gasteiger partial charge on any atom is 0.331 e. The first-order valence-electron chi connectivity index (χ1n) is 8.02. The maximum absolute atomic E-state index is 12.6. The van der Waals surface area contributed by atoms with E-state index in [-0.39, 0.29) is 23.8 Å². The molecule has 0 unspecified atom stereocenters. The summed E-state index contributed by atoms with van der Waals surface area (Å²) < 4.78 is 2.65. The number of hydrogen-bond acceptors (Lipinski definition) is 6. The fraction of sp³-hybridized carbons (Fsp3) is 0.500. The molecule has 0 bridgehead atoms. The van der Waals surface area contributed by atoms with Crippen LogP contribution in [0.4, 0.5) is 5.13 Å². The Morgan fingerprint density at radius 3 is 2.75 bits per heavy atom. The molecule has 0 amide bonds. The smallest absolute Gasteiger partial charge is 0.331 e. The number of nitrogens with zero attached hydrogens (tertiary/aromatic N) is 5. The summed E-state index contributed by atoms with van der Waals surface area (Å²) in [4.78, 5) is 31.6. The van der Waals surface area contributed by atoms with E-state index in [2.05, 4.69) is 9.88 Å². The van der Waals surface area contributed by atoms with Crippen LogP contribution in [0, 0.1) is 11.3 Å². The van der Waals surface area contributed by atoms with Crippen molar-refractivity contribution in [2.45, 2.75) is 44.3 Å². The first-order valence-corrected chi connectivity index (χ1v) is 8.89. The van der Waals surface area contributed by atoms with E-state index in [1.54, 1.807) is 0 Å². The van der Waals surface area contributed by atoms with Gasteiger partial charge in [-0.15, -0.1) is 11.3 Å². The van der Waals surface area contributed by atoms with E-state index >= 15 is 0 Å². The molecule has 0 spiro atoms. The Kier molecular flexibility index (Phi) is 3.53. The number of rotatable bonds is 5. The van der Waals surface area contributed by atoms with Gasteiger partial charge in [0.05, 0.1) is 12.2 Å². The lowest BCUT2D eigenvalue weighted by atomic mass is 10.3. The molecule has 2 aliphatic carbocycles. The lowest BCUT2D eigenvalue weighted by molar-refractivity contribution is 0.584. The summed E-state index contributed by atoms with van der Waals surface area (Å²) in [6.45, 7) is 0.106. The topological polar surface area (TPSA) is 83.9 Å². The second-order valence-electron chi connectivity index (χ2n) is 6.43. The zero-order valence-electron chi connectivity index (χ0n) is 13.3. The van der Waals surface area contributed by atoms with Gasteiger partial charge >= 0.3 is 5.69 Å². The Bertz CT molecular complexity index is 943. The summed E-state index contributed by atoms with van der Waals surface area (Å²) in [5.74, 6) is 0. The summed E-state index contributed by atoms with van der Waals surface area (Å²) >= 11 is 1.52. The Morgan fingerprint density at radius 1 is 1.38 bits per heavy atom. The average Bonchev–Trinajstić information content (AvgIpc) is 3.49. The summed E-state index contributed by atoms with van der Waals surface area (Å²) in [5, 5.41) is 12.0. The summed E-state index contributed by atoms with van der Waals surface area (Å²) in [6, 6.07) is 2.57. The predicted octanol–water partition coefficient (Wildman–Crippen LogP) is 1.32. The minimum Gasteiger partial charge on any atom is -0.348 e. The number of nitriles is 1. The van der Waals surface area contributed by atoms with Crippen LogP contribution < -0.4 is 16.1 Å². The van der Waals surface area contributed by atoms with Gasteiger partial charge in [0.15, 0.2) is 5.13 Å². The largest absolute Gasteiger partial charge is 0.348 e. The van der Waals surface area contributed by atoms with Crippen molar-refractivity contribution in [3.63, 3.8) is 0 Å². The zero-order chi connectivity index (χ0) is 16.8. The third-order valence-electron chi connectivity index (χ3n) is 4.51. The van der Waals surface area contributed by atoms with E-state index in [0.29, 0.717) is 11.7 Å². The minimum absolute atomic E-state index is 0.00653. The van der Waals surface area contributed by atoms with Crippen molar-refractivity contribution in [1.82, 2.24) is 14.1 Å². The standard InChI is InChI=1S/C16H17N5O2S/c1-19(12-2-3-12)15-18-11(9-24-15)8-21-14(22)10(6-17)7-20(16(21)23)13-4-5-13/h7,9,12-13H,2-5,8H2,1H3. The second-order valence-corrected chi connectivity index (χ2v) is 7.27. The van der Waals surface area contributed by atoms with Crippen LogP contribution in [0.1, 0.15) is 43.0 Å². The third-order valence-corrected chi connectivity index (χ3v) is 5.49. The maximum atomic E-state index is 12.6. The highest BCUT2D eigenvalue weighted by Gasteiger charge is 2.29. The molecule has 0 N–H and O–H groups in total. The van der Waals surface area contributed by atoms with Gasteiger partial charge in [0.2, 0.25) is 0 Å². The van der Waals surface area contributed by atoms with E-state index in [9.17, 15) is 14.9 Å². The van der Waals surface area contributed by atoms with E-state index in [1.807, 2.05) is 18.5 Å². The highest BCUT2D eigenvalue weighted by Crippen LogP contribution is 2.33. The van der Waals surface area contributed by atoms with Crippen LogP contribution >= 0.6 is 11.3 Å². The second kappa shape index (κ2) is 5.60. The van der Waals surface area contributed by atoms with Crippen LogP contribution in [0.25, 0.3) is 0 Å². The number of aromatic nitrogens is 3. The lowest BCUT2D eigenvalue weighted by Crippen LogP contribution is -2.41. The van der Waals surface area contributed by atoms with Gasteiger partial charge in [0.25, 0.3) is 5.56 Å². The first-order chi connectivity index (χ1) is 11.6. The van der Waals surface area contributed by atoms with Gasteiger partial charge in [0, 0.05) is 30.7 Å². The van der Waals surface area contributed by atoms with Gasteiger partial charge in [-0.3, -0.25) is 13.9 Å². The van der Waals surface area contributed by atoms with E-state index in [0.717, 1.165) is 22.5 Å². The van der Waals surface area contributed by atoms with Crippen LogP contribution in [-0.2, 0) is 6.54 Å². The van der Waals surface area contributed by atoms with Gasteiger partial charge < -0.3 is 4.90 Å². The molecule has 8 heteroatoms. The van der Waals surface area contributed by atoms with E-state index in [1.165, 1.54) is 34.9 Å². The fourth-order valence-electron chi connectivity index (χ4n) is 2.76. The molecule has 4 rings (SSSR count). The quantitative estimate of drug-likeness (QED) is 0.817. The lowest BCUT2D eigenvalue weighted by Gasteiger charge is -2.13. The SMILES string of the molecule is CN(c1nc(Cn2c(=O)c(C#N)cn(C3CC3)c2=O)cs1)C1CC1. The van der Waals surface area contributed by atoms with Crippen molar-refractivity contribution in [2.24, 2.45) is 0 Å². The molecule has 7 nitrogen and oxygen atoms in total. The van der Waals surface area contributed by atoms with Crippen molar-refractivity contribution in [3.05, 3.63) is 43.7 Å². The number of hydrogen-bond donors (Lipinski definition) is 0. The van der Waals surface area contributed by atoms with Gasteiger partial charge in [-0.05, 0) is 25.7 Å². The summed E-state index contributed by atoms with van der Waals surface area (Å²) in [7, 11) is 2.02. The Hall–Kier alpha value is -2.40. The Morgan fingerprint density at radius 2 is 2.12 bits per heavy atom. The molecule has 2 heterocycles. The van der Waals surface area contributed by atoms with Gasteiger partial charge in [0.1, 0.15) is 11.6 Å². The van der Waals surface area contributed by atoms with Crippen molar-refractivity contribution in [2.75, 3.05) is 11.9 Å². The third kappa shape index (κ3) is 2.65. The van der Waals surface area contributed by atoms with E-state index in [4.69, 9.17) is 0 Å². The Labute approximate surface area is 142 Å². The molecule has 2 aliphatic rings. The average molecular weight is 343 g/mol. The van der Waals surface area contributed by atoms with Gasteiger partial charge in [-0.25, -0.2) is 9.78 Å². The molecule has 124 valence electrons. The molecule has 0 aromatic carbocycles. The molecule has 0 radical (unpaired) electrons. The molecule has 0 atom stereocenters. The van der Waals surface area contributed by atoms with E-state index < -0.39 is 5.56 Å². The molecular weight excluding hydrogens is 326 g/mol. The molecular formula is C16H17N5O2S. The predicted molar refractivity (Wildman–Crippen MR) is 90.6 cm³/mol. The molecule has 2 aromatic rings. The summed E-state index contributed by atoms with van der Waals surface area (Å²) in [6.07, 6.45) is 5.58. The van der Waals surface area contributed by atoms with Crippen molar-refractivity contribution >= 4 is 16.5 Å². The Balaban J connectivity index is 1.69. The molecule has 2 aromatic heterocycles. The minimum atomic E-state index is -0.538. The number of anilines is 1. The highest BCUT2D eigenvalue weighted by atomic mass is 32.1. The molecule has 0 aliphatic heterocycles. The van der Waals surface area contributed by atoms with Crippen molar-refractivity contribution < 1.29 is 0 Å².